The van der Waals surface area contributed by atoms with Crippen LogP contribution < -0.4 is 4.74 Å². The summed E-state index contributed by atoms with van der Waals surface area (Å²) >= 11 is 5.96. The number of hydrogen-bond donors (Lipinski definition) is 0. The number of benzene rings is 2. The highest BCUT2D eigenvalue weighted by Crippen LogP contribution is 2.33. The standard InChI is InChI=1S/C20H15ClN2O5/c21-13-5-1-4-12(10-13)11-28-15-7-2-6-14-18(15)20(27)23(19(14)26)22-16(24)8-3-9-17(22)25/h1-2,4-7,10H,3,8-9,11H2. The molecule has 2 aromatic rings. The Morgan fingerprint density at radius 3 is 2.32 bits per heavy atom. The predicted molar refractivity (Wildman–Crippen MR) is 98.4 cm³/mol. The van der Waals surface area contributed by atoms with E-state index in [1.54, 1.807) is 30.3 Å². The summed E-state index contributed by atoms with van der Waals surface area (Å²) < 4.78 is 5.75. The topological polar surface area (TPSA) is 84.0 Å². The average Bonchev–Trinajstić information content (AvgIpc) is 2.92. The maximum atomic E-state index is 12.9. The molecular weight excluding hydrogens is 384 g/mol. The van der Waals surface area contributed by atoms with Crippen molar-refractivity contribution < 1.29 is 23.9 Å². The van der Waals surface area contributed by atoms with E-state index in [1.807, 2.05) is 6.07 Å². The van der Waals surface area contributed by atoms with Crippen LogP contribution in [-0.4, -0.2) is 33.6 Å². The highest BCUT2D eigenvalue weighted by Gasteiger charge is 2.46. The van der Waals surface area contributed by atoms with Crippen molar-refractivity contribution in [1.29, 1.82) is 0 Å². The van der Waals surface area contributed by atoms with E-state index < -0.39 is 23.6 Å². The van der Waals surface area contributed by atoms with Crippen molar-refractivity contribution in [3.63, 3.8) is 0 Å². The zero-order valence-corrected chi connectivity index (χ0v) is 15.4. The molecule has 0 unspecified atom stereocenters. The van der Waals surface area contributed by atoms with Gasteiger partial charge in [-0.3, -0.25) is 19.2 Å². The van der Waals surface area contributed by atoms with Crippen LogP contribution in [0.2, 0.25) is 5.02 Å². The van der Waals surface area contributed by atoms with Crippen LogP contribution in [0, 0.1) is 0 Å². The van der Waals surface area contributed by atoms with E-state index in [-0.39, 0.29) is 36.3 Å². The normalized spacial score (nSPS) is 16.6. The Morgan fingerprint density at radius 1 is 0.893 bits per heavy atom. The number of halogens is 1. The highest BCUT2D eigenvalue weighted by molar-refractivity contribution is 6.30. The fraction of sp³-hybridized carbons (Fsp3) is 0.200. The molecule has 0 aromatic heterocycles. The van der Waals surface area contributed by atoms with Crippen LogP contribution in [0.25, 0.3) is 0 Å². The van der Waals surface area contributed by atoms with Crippen LogP contribution in [-0.2, 0) is 16.2 Å². The average molecular weight is 399 g/mol. The quantitative estimate of drug-likeness (QED) is 0.739. The van der Waals surface area contributed by atoms with E-state index in [9.17, 15) is 19.2 Å². The number of hydrogen-bond acceptors (Lipinski definition) is 5. The number of hydrazine groups is 1. The maximum absolute atomic E-state index is 12.9. The number of imide groups is 2. The summed E-state index contributed by atoms with van der Waals surface area (Å²) in [6.07, 6.45) is 0.625. The SMILES string of the molecule is O=C1CCCC(=O)N1N1C(=O)c2cccc(OCc3cccc(Cl)c3)c2C1=O. The lowest BCUT2D eigenvalue weighted by Crippen LogP contribution is -2.54. The first-order chi connectivity index (χ1) is 13.5. The smallest absolute Gasteiger partial charge is 0.284 e. The van der Waals surface area contributed by atoms with Crippen molar-refractivity contribution in [2.75, 3.05) is 0 Å². The van der Waals surface area contributed by atoms with Gasteiger partial charge < -0.3 is 4.74 Å². The van der Waals surface area contributed by atoms with Gasteiger partial charge >= 0.3 is 0 Å². The molecule has 2 aromatic carbocycles. The lowest BCUT2D eigenvalue weighted by Gasteiger charge is -2.30. The van der Waals surface area contributed by atoms with E-state index in [0.717, 1.165) is 5.56 Å². The minimum absolute atomic E-state index is 0.0423. The molecule has 0 N–H and O–H groups in total. The van der Waals surface area contributed by atoms with Crippen molar-refractivity contribution >= 4 is 35.2 Å². The van der Waals surface area contributed by atoms with Crippen molar-refractivity contribution in [1.82, 2.24) is 10.0 Å². The van der Waals surface area contributed by atoms with Gasteiger partial charge in [-0.1, -0.05) is 29.8 Å². The number of carbonyl (C=O) groups excluding carboxylic acids is 4. The van der Waals surface area contributed by atoms with Gasteiger partial charge in [-0.05, 0) is 36.2 Å². The molecule has 0 bridgehead atoms. The minimum Gasteiger partial charge on any atom is -0.488 e. The zero-order valence-electron chi connectivity index (χ0n) is 14.7. The monoisotopic (exact) mass is 398 g/mol. The maximum Gasteiger partial charge on any atom is 0.284 e. The molecule has 4 amide bonds. The fourth-order valence-corrected chi connectivity index (χ4v) is 3.51. The van der Waals surface area contributed by atoms with Gasteiger partial charge in [-0.2, -0.15) is 10.0 Å². The van der Waals surface area contributed by atoms with Gasteiger partial charge in [0.15, 0.2) is 0 Å². The second-order valence-electron chi connectivity index (χ2n) is 6.47. The largest absolute Gasteiger partial charge is 0.488 e. The van der Waals surface area contributed by atoms with E-state index >= 15 is 0 Å². The molecule has 1 fully saturated rings. The Kier molecular flexibility index (Phi) is 4.60. The molecule has 0 aliphatic carbocycles. The summed E-state index contributed by atoms with van der Waals surface area (Å²) in [5, 5.41) is 1.84. The van der Waals surface area contributed by atoms with Gasteiger partial charge in [0.2, 0.25) is 11.8 Å². The number of nitrogens with zero attached hydrogens (tertiary/aromatic N) is 2. The Labute approximate surface area is 165 Å². The van der Waals surface area contributed by atoms with Gasteiger partial charge in [0.1, 0.15) is 12.4 Å². The summed E-state index contributed by atoms with van der Waals surface area (Å²) in [6, 6.07) is 11.7. The summed E-state index contributed by atoms with van der Waals surface area (Å²) in [5.74, 6) is -2.38. The van der Waals surface area contributed by atoms with Crippen LogP contribution in [0.4, 0.5) is 0 Å². The molecule has 2 aliphatic heterocycles. The number of fused-ring (bicyclic) bond motifs is 1. The van der Waals surface area contributed by atoms with Crippen molar-refractivity contribution in [2.24, 2.45) is 0 Å². The molecule has 0 atom stereocenters. The summed E-state index contributed by atoms with van der Waals surface area (Å²) in [5.41, 5.74) is 0.931. The van der Waals surface area contributed by atoms with Gasteiger partial charge in [-0.25, -0.2) is 0 Å². The molecule has 142 valence electrons. The molecule has 7 nitrogen and oxygen atoms in total. The lowest BCUT2D eigenvalue weighted by atomic mass is 10.1. The minimum atomic E-state index is -0.745. The van der Waals surface area contributed by atoms with Crippen molar-refractivity contribution in [3.8, 4) is 5.75 Å². The van der Waals surface area contributed by atoms with Gasteiger partial charge in [-0.15, -0.1) is 0 Å². The Bertz CT molecular complexity index is 1000. The number of piperidine rings is 1. The fourth-order valence-electron chi connectivity index (χ4n) is 3.30. The molecule has 0 radical (unpaired) electrons. The number of ether oxygens (including phenoxy) is 1. The second kappa shape index (κ2) is 7.09. The third-order valence-corrected chi connectivity index (χ3v) is 4.83. The first-order valence-electron chi connectivity index (χ1n) is 8.72. The predicted octanol–water partition coefficient (Wildman–Crippen LogP) is 2.97. The number of carbonyl (C=O) groups is 4. The third-order valence-electron chi connectivity index (χ3n) is 4.59. The Hall–Kier alpha value is -3.19. The van der Waals surface area contributed by atoms with E-state index in [2.05, 4.69) is 0 Å². The Morgan fingerprint density at radius 2 is 1.61 bits per heavy atom. The van der Waals surface area contributed by atoms with Crippen LogP contribution in [0.1, 0.15) is 45.5 Å². The summed E-state index contributed by atoms with van der Waals surface area (Å²) in [7, 11) is 0. The molecule has 2 heterocycles. The molecular formula is C20H15ClN2O5. The van der Waals surface area contributed by atoms with Gasteiger partial charge in [0.05, 0.1) is 11.1 Å². The first-order valence-corrected chi connectivity index (χ1v) is 9.10. The first kappa shape index (κ1) is 18.2. The van der Waals surface area contributed by atoms with Crippen LogP contribution in [0.15, 0.2) is 42.5 Å². The van der Waals surface area contributed by atoms with Crippen LogP contribution in [0.5, 0.6) is 5.75 Å². The van der Waals surface area contributed by atoms with Crippen LogP contribution in [0.3, 0.4) is 0 Å². The number of rotatable bonds is 4. The van der Waals surface area contributed by atoms with Gasteiger partial charge in [0, 0.05) is 17.9 Å². The van der Waals surface area contributed by atoms with Crippen LogP contribution >= 0.6 is 11.6 Å². The highest BCUT2D eigenvalue weighted by atomic mass is 35.5. The summed E-state index contributed by atoms with van der Waals surface area (Å²) in [6.45, 7) is 0.139. The molecule has 0 saturated carbocycles. The van der Waals surface area contributed by atoms with Crippen molar-refractivity contribution in [2.45, 2.75) is 25.9 Å². The Balaban J connectivity index is 1.64. The van der Waals surface area contributed by atoms with E-state index in [4.69, 9.17) is 16.3 Å². The zero-order chi connectivity index (χ0) is 19.8. The molecule has 2 aliphatic rings. The van der Waals surface area contributed by atoms with E-state index in [1.165, 1.54) is 6.07 Å². The summed E-state index contributed by atoms with van der Waals surface area (Å²) in [4.78, 5) is 50.0. The molecule has 4 rings (SSSR count). The molecule has 1 saturated heterocycles. The molecule has 28 heavy (non-hydrogen) atoms. The number of amides is 4. The third kappa shape index (κ3) is 3.03. The molecule has 0 spiro atoms. The molecule has 8 heteroatoms. The lowest BCUT2D eigenvalue weighted by molar-refractivity contribution is -0.160. The second-order valence-corrected chi connectivity index (χ2v) is 6.91. The van der Waals surface area contributed by atoms with E-state index in [0.29, 0.717) is 21.5 Å². The van der Waals surface area contributed by atoms with Gasteiger partial charge in [0.25, 0.3) is 11.8 Å². The van der Waals surface area contributed by atoms with Crippen molar-refractivity contribution in [3.05, 3.63) is 64.2 Å².